The maximum Gasteiger partial charge on any atom is 0.124 e. The molecular weight excluding hydrogens is 297 g/mol. The van der Waals surface area contributed by atoms with E-state index < -0.39 is 0 Å². The van der Waals surface area contributed by atoms with Gasteiger partial charge in [-0.3, -0.25) is 0 Å². The van der Waals surface area contributed by atoms with E-state index in [1.807, 2.05) is 13.0 Å². The molecular formula is C14H13BrFNO. The highest BCUT2D eigenvalue weighted by molar-refractivity contribution is 9.10. The molecule has 94 valence electrons. The highest BCUT2D eigenvalue weighted by Crippen LogP contribution is 2.22. The molecule has 0 aliphatic carbocycles. The van der Waals surface area contributed by atoms with Crippen molar-refractivity contribution in [1.29, 1.82) is 0 Å². The molecule has 0 saturated carbocycles. The summed E-state index contributed by atoms with van der Waals surface area (Å²) < 4.78 is 13.7. The van der Waals surface area contributed by atoms with Crippen LogP contribution >= 0.6 is 15.9 Å². The van der Waals surface area contributed by atoms with Crippen molar-refractivity contribution >= 4 is 21.6 Å². The zero-order chi connectivity index (χ0) is 13.1. The molecule has 0 bridgehead atoms. The molecule has 0 aliphatic heterocycles. The summed E-state index contributed by atoms with van der Waals surface area (Å²) in [5.41, 5.74) is 2.71. The summed E-state index contributed by atoms with van der Waals surface area (Å²) in [5.74, 6) is 0.0228. The predicted molar refractivity (Wildman–Crippen MR) is 74.3 cm³/mol. The number of hydrogen-bond acceptors (Lipinski definition) is 2. The molecule has 4 heteroatoms. The Labute approximate surface area is 114 Å². The Balaban J connectivity index is 2.09. The predicted octanol–water partition coefficient (Wildman–Crippen LogP) is 4.21. The van der Waals surface area contributed by atoms with Crippen LogP contribution in [-0.4, -0.2) is 5.11 Å². The lowest BCUT2D eigenvalue weighted by molar-refractivity contribution is 0.471. The average molecular weight is 310 g/mol. The minimum atomic E-state index is -0.258. The third kappa shape index (κ3) is 3.01. The van der Waals surface area contributed by atoms with Crippen LogP contribution in [0.5, 0.6) is 5.75 Å². The largest absolute Gasteiger partial charge is 0.508 e. The van der Waals surface area contributed by atoms with E-state index >= 15 is 0 Å². The second-order valence-electron chi connectivity index (χ2n) is 4.09. The molecule has 0 heterocycles. The maximum atomic E-state index is 12.9. The molecule has 0 amide bonds. The Kier molecular flexibility index (Phi) is 3.87. The van der Waals surface area contributed by atoms with Gasteiger partial charge >= 0.3 is 0 Å². The maximum absolute atomic E-state index is 12.9. The summed E-state index contributed by atoms with van der Waals surface area (Å²) >= 11 is 3.33. The second-order valence-corrected chi connectivity index (χ2v) is 4.94. The number of phenolic OH excluding ortho intramolecular Hbond substituents is 1. The molecule has 0 aromatic heterocycles. The van der Waals surface area contributed by atoms with Gasteiger partial charge < -0.3 is 10.4 Å². The second kappa shape index (κ2) is 5.40. The number of aryl methyl sites for hydroxylation is 1. The van der Waals surface area contributed by atoms with Crippen molar-refractivity contribution in [3.05, 3.63) is 57.8 Å². The van der Waals surface area contributed by atoms with E-state index in [1.54, 1.807) is 18.2 Å². The van der Waals surface area contributed by atoms with Gasteiger partial charge in [0.2, 0.25) is 0 Å². The van der Waals surface area contributed by atoms with Crippen molar-refractivity contribution in [3.8, 4) is 5.75 Å². The Hall–Kier alpha value is -1.55. The van der Waals surface area contributed by atoms with Crippen LogP contribution in [-0.2, 0) is 6.54 Å². The van der Waals surface area contributed by atoms with E-state index in [1.165, 1.54) is 12.1 Å². The zero-order valence-electron chi connectivity index (χ0n) is 9.87. The topological polar surface area (TPSA) is 32.3 Å². The van der Waals surface area contributed by atoms with Crippen LogP contribution in [0.4, 0.5) is 10.1 Å². The Bertz CT molecular complexity index is 572. The average Bonchev–Trinajstić information content (AvgIpc) is 2.32. The molecule has 0 saturated heterocycles. The van der Waals surface area contributed by atoms with Crippen molar-refractivity contribution in [1.82, 2.24) is 0 Å². The summed E-state index contributed by atoms with van der Waals surface area (Å²) in [6, 6.07) is 9.94. The van der Waals surface area contributed by atoms with Crippen molar-refractivity contribution in [2.75, 3.05) is 5.32 Å². The number of benzene rings is 2. The van der Waals surface area contributed by atoms with E-state index in [-0.39, 0.29) is 11.6 Å². The molecule has 0 atom stereocenters. The lowest BCUT2D eigenvalue weighted by Gasteiger charge is -2.09. The summed E-state index contributed by atoms with van der Waals surface area (Å²) in [6.07, 6.45) is 0. The van der Waals surface area contributed by atoms with Gasteiger partial charge in [-0.1, -0.05) is 22.0 Å². The molecule has 0 aliphatic rings. The van der Waals surface area contributed by atoms with E-state index in [0.29, 0.717) is 6.54 Å². The number of anilines is 1. The monoisotopic (exact) mass is 309 g/mol. The molecule has 2 aromatic rings. The van der Waals surface area contributed by atoms with Gasteiger partial charge in [0, 0.05) is 16.7 Å². The quantitative estimate of drug-likeness (QED) is 0.832. The van der Waals surface area contributed by atoms with Crippen LogP contribution in [0.2, 0.25) is 0 Å². The normalized spacial score (nSPS) is 10.4. The van der Waals surface area contributed by atoms with E-state index in [2.05, 4.69) is 21.2 Å². The fourth-order valence-electron chi connectivity index (χ4n) is 1.63. The Morgan fingerprint density at radius 3 is 2.67 bits per heavy atom. The fourth-order valence-corrected chi connectivity index (χ4v) is 2.12. The first-order valence-electron chi connectivity index (χ1n) is 5.53. The Morgan fingerprint density at radius 1 is 1.22 bits per heavy atom. The van der Waals surface area contributed by atoms with Crippen molar-refractivity contribution in [2.45, 2.75) is 13.5 Å². The summed E-state index contributed by atoms with van der Waals surface area (Å²) in [7, 11) is 0. The first-order valence-corrected chi connectivity index (χ1v) is 6.33. The van der Waals surface area contributed by atoms with Gasteiger partial charge in [0.1, 0.15) is 11.6 Å². The van der Waals surface area contributed by atoms with Gasteiger partial charge in [-0.2, -0.15) is 0 Å². The highest BCUT2D eigenvalue weighted by Gasteiger charge is 2.02. The van der Waals surface area contributed by atoms with Crippen molar-refractivity contribution in [2.24, 2.45) is 0 Å². The van der Waals surface area contributed by atoms with Crippen LogP contribution in [0.3, 0.4) is 0 Å². The number of phenols is 1. The van der Waals surface area contributed by atoms with Gasteiger partial charge in [-0.15, -0.1) is 0 Å². The van der Waals surface area contributed by atoms with Gasteiger partial charge in [-0.05, 0) is 48.4 Å². The molecule has 0 fully saturated rings. The number of rotatable bonds is 3. The zero-order valence-corrected chi connectivity index (χ0v) is 11.5. The standard InChI is InChI=1S/C14H13BrFNO/c1-9-6-12(4-5-14(9)18)17-8-10-2-3-11(16)7-13(10)15/h2-7,17-18H,8H2,1H3. The van der Waals surface area contributed by atoms with Crippen LogP contribution in [0.25, 0.3) is 0 Å². The van der Waals surface area contributed by atoms with E-state index in [4.69, 9.17) is 0 Å². The minimum absolute atomic E-state index is 0.258. The van der Waals surface area contributed by atoms with Crippen LogP contribution in [0, 0.1) is 12.7 Å². The minimum Gasteiger partial charge on any atom is -0.508 e. The van der Waals surface area contributed by atoms with Crippen LogP contribution < -0.4 is 5.32 Å². The lowest BCUT2D eigenvalue weighted by Crippen LogP contribution is -2.00. The number of halogens is 2. The van der Waals surface area contributed by atoms with Crippen molar-refractivity contribution < 1.29 is 9.50 Å². The molecule has 18 heavy (non-hydrogen) atoms. The molecule has 2 aromatic carbocycles. The lowest BCUT2D eigenvalue weighted by atomic mass is 10.2. The first kappa shape index (κ1) is 12.9. The van der Waals surface area contributed by atoms with Gasteiger partial charge in [0.05, 0.1) is 0 Å². The number of hydrogen-bond donors (Lipinski definition) is 2. The number of nitrogens with one attached hydrogen (secondary N) is 1. The van der Waals surface area contributed by atoms with Gasteiger partial charge in [0.25, 0.3) is 0 Å². The fraction of sp³-hybridized carbons (Fsp3) is 0.143. The third-order valence-corrected chi connectivity index (χ3v) is 3.43. The molecule has 0 spiro atoms. The van der Waals surface area contributed by atoms with Crippen molar-refractivity contribution in [3.63, 3.8) is 0 Å². The summed E-state index contributed by atoms with van der Waals surface area (Å²) in [4.78, 5) is 0. The van der Waals surface area contributed by atoms with E-state index in [9.17, 15) is 9.50 Å². The summed E-state index contributed by atoms with van der Waals surface area (Å²) in [6.45, 7) is 2.43. The molecule has 2 N–H and O–H groups in total. The number of aromatic hydroxyl groups is 1. The van der Waals surface area contributed by atoms with Gasteiger partial charge in [0.15, 0.2) is 0 Å². The molecule has 2 nitrogen and oxygen atoms in total. The first-order chi connectivity index (χ1) is 8.56. The SMILES string of the molecule is Cc1cc(NCc2ccc(F)cc2Br)ccc1O. The van der Waals surface area contributed by atoms with E-state index in [0.717, 1.165) is 21.3 Å². The molecule has 0 radical (unpaired) electrons. The Morgan fingerprint density at radius 2 is 2.00 bits per heavy atom. The molecule has 2 rings (SSSR count). The molecule has 0 unspecified atom stereocenters. The highest BCUT2D eigenvalue weighted by atomic mass is 79.9. The van der Waals surface area contributed by atoms with Gasteiger partial charge in [-0.25, -0.2) is 4.39 Å². The van der Waals surface area contributed by atoms with Crippen LogP contribution in [0.15, 0.2) is 40.9 Å². The van der Waals surface area contributed by atoms with Crippen LogP contribution in [0.1, 0.15) is 11.1 Å². The smallest absolute Gasteiger partial charge is 0.124 e. The third-order valence-electron chi connectivity index (χ3n) is 2.69. The summed E-state index contributed by atoms with van der Waals surface area (Å²) in [5, 5.41) is 12.7.